The molecule has 4 rings (SSSR count). The first-order chi connectivity index (χ1) is 21.5. The number of esters is 1. The van der Waals surface area contributed by atoms with Crippen LogP contribution in [0.2, 0.25) is 0 Å². The van der Waals surface area contributed by atoms with Crippen molar-refractivity contribution < 1.29 is 42.1 Å². The second-order valence-electron chi connectivity index (χ2n) is 10.1. The summed E-state index contributed by atoms with van der Waals surface area (Å²) < 4.78 is 46.8. The maximum atomic E-state index is 13.4. The fraction of sp³-hybridized carbons (Fsp3) is 0.393. The van der Waals surface area contributed by atoms with E-state index in [1.807, 2.05) is 19.9 Å². The molecule has 1 amide bonds. The number of aliphatic hydroxyl groups excluding tert-OH is 1. The van der Waals surface area contributed by atoms with Crippen molar-refractivity contribution in [1.29, 1.82) is 0 Å². The van der Waals surface area contributed by atoms with Gasteiger partial charge in [-0.25, -0.2) is 28.0 Å². The molecule has 0 spiro atoms. The summed E-state index contributed by atoms with van der Waals surface area (Å²) in [5.41, 5.74) is 1.68. The molecule has 1 unspecified atom stereocenters. The van der Waals surface area contributed by atoms with Gasteiger partial charge in [-0.1, -0.05) is 31.2 Å². The first kappa shape index (κ1) is 33.7. The number of hydrogen-bond acceptors (Lipinski definition) is 13. The fourth-order valence-electron chi connectivity index (χ4n) is 4.25. The van der Waals surface area contributed by atoms with E-state index in [1.165, 1.54) is 11.8 Å². The van der Waals surface area contributed by atoms with Crippen molar-refractivity contribution in [2.45, 2.75) is 43.5 Å². The summed E-state index contributed by atoms with van der Waals surface area (Å²) in [6.07, 6.45) is 1.57. The van der Waals surface area contributed by atoms with E-state index >= 15 is 0 Å². The smallest absolute Gasteiger partial charge is 0.330 e. The maximum Gasteiger partial charge on any atom is 0.330 e. The summed E-state index contributed by atoms with van der Waals surface area (Å²) in [5, 5.41) is 25.1. The van der Waals surface area contributed by atoms with Gasteiger partial charge in [-0.05, 0) is 41.8 Å². The Labute approximate surface area is 263 Å². The molecule has 2 aromatic heterocycles. The highest BCUT2D eigenvalue weighted by Crippen LogP contribution is 2.28. The molecule has 0 aliphatic carbocycles. The van der Waals surface area contributed by atoms with Crippen LogP contribution in [0.25, 0.3) is 10.2 Å². The molecule has 242 valence electrons. The van der Waals surface area contributed by atoms with Crippen LogP contribution in [0.5, 0.6) is 11.5 Å². The highest BCUT2D eigenvalue weighted by atomic mass is 32.2. The van der Waals surface area contributed by atoms with E-state index < -0.39 is 34.0 Å². The molecule has 45 heavy (non-hydrogen) atoms. The van der Waals surface area contributed by atoms with Crippen molar-refractivity contribution in [3.63, 3.8) is 0 Å². The summed E-state index contributed by atoms with van der Waals surface area (Å²) in [6, 6.07) is 10.1. The number of nitrogens with zero attached hydrogens (tertiary/aromatic N) is 4. The van der Waals surface area contributed by atoms with E-state index in [0.29, 0.717) is 27.4 Å². The number of carbonyl (C=O) groups excluding carboxylic acids is 2. The van der Waals surface area contributed by atoms with E-state index in [1.54, 1.807) is 42.6 Å². The molecule has 0 saturated heterocycles. The number of hydrogen-bond donors (Lipinski definition) is 3. The van der Waals surface area contributed by atoms with Crippen molar-refractivity contribution in [2.24, 2.45) is 11.1 Å². The van der Waals surface area contributed by atoms with E-state index in [-0.39, 0.29) is 43.3 Å². The molecule has 0 fully saturated rings. The Kier molecular flexibility index (Phi) is 11.4. The topological polar surface area (TPSA) is 207 Å². The minimum absolute atomic E-state index is 0.0175. The van der Waals surface area contributed by atoms with Crippen LogP contribution in [0.4, 0.5) is 0 Å². The number of nitrogens with one attached hydrogen (secondary N) is 1. The van der Waals surface area contributed by atoms with Gasteiger partial charge >= 0.3 is 5.97 Å². The quantitative estimate of drug-likeness (QED) is 0.146. The van der Waals surface area contributed by atoms with Crippen molar-refractivity contribution in [2.75, 3.05) is 26.9 Å². The number of rotatable bonds is 16. The van der Waals surface area contributed by atoms with Crippen LogP contribution in [0.3, 0.4) is 0 Å². The molecule has 15 nitrogen and oxygen atoms in total. The molecule has 0 saturated carbocycles. The van der Waals surface area contributed by atoms with Crippen molar-refractivity contribution >= 4 is 43.5 Å². The number of aliphatic hydroxyl groups is 1. The molecule has 2 aromatic carbocycles. The average molecular weight is 663 g/mol. The number of thiazole rings is 1. The van der Waals surface area contributed by atoms with Gasteiger partial charge in [0.05, 0.1) is 43.3 Å². The van der Waals surface area contributed by atoms with Crippen LogP contribution in [0.15, 0.2) is 53.0 Å². The zero-order valence-corrected chi connectivity index (χ0v) is 26.4. The maximum absolute atomic E-state index is 13.4. The third-order valence-electron chi connectivity index (χ3n) is 6.33. The average Bonchev–Trinajstić information content (AvgIpc) is 3.65. The molecule has 4 aromatic rings. The van der Waals surface area contributed by atoms with Gasteiger partial charge in [0.1, 0.15) is 36.4 Å². The lowest BCUT2D eigenvalue weighted by atomic mass is 10.0. The summed E-state index contributed by atoms with van der Waals surface area (Å²) in [4.78, 5) is 29.9. The molecule has 0 aliphatic rings. The Morgan fingerprint density at radius 3 is 2.60 bits per heavy atom. The lowest BCUT2D eigenvalue weighted by Gasteiger charge is -2.23. The van der Waals surface area contributed by atoms with Crippen LogP contribution in [-0.4, -0.2) is 78.4 Å². The molecule has 2 heterocycles. The first-order valence-electron chi connectivity index (χ1n) is 13.7. The van der Waals surface area contributed by atoms with Gasteiger partial charge in [0, 0.05) is 0 Å². The van der Waals surface area contributed by atoms with E-state index in [9.17, 15) is 18.0 Å². The number of amides is 1. The van der Waals surface area contributed by atoms with Gasteiger partial charge in [0.25, 0.3) is 10.0 Å². The molecular weight excluding hydrogens is 628 g/mol. The van der Waals surface area contributed by atoms with Crippen molar-refractivity contribution in [3.8, 4) is 11.5 Å². The summed E-state index contributed by atoms with van der Waals surface area (Å²) in [5.74, 6) is -0.372. The van der Waals surface area contributed by atoms with E-state index in [2.05, 4.69) is 20.6 Å². The second kappa shape index (κ2) is 15.2. The van der Waals surface area contributed by atoms with Gasteiger partial charge in [-0.15, -0.1) is 16.4 Å². The highest BCUT2D eigenvalue weighted by molar-refractivity contribution is 7.91. The van der Waals surface area contributed by atoms with Gasteiger partial charge in [-0.2, -0.15) is 0 Å². The standard InChI is InChI=1S/C28H34N6O9S2/c1-17(2)25(26(36)30-23(27(37)40-3)16-41-14-18-5-4-6-20(11-18)42-10-9-35)34-13-19(32-33-34)15-43-21-7-8-22-24(12-21)44-28(31-22)45(29,38)39/h4-8,11-13,17,23,25,35H,9-10,14-16H2,1-3H3,(H,30,36)(H2,29,38,39)/t23?,25-/m0/s1. The predicted molar refractivity (Wildman–Crippen MR) is 162 cm³/mol. The van der Waals surface area contributed by atoms with Crippen LogP contribution < -0.4 is 19.9 Å². The van der Waals surface area contributed by atoms with Gasteiger partial charge in [0.2, 0.25) is 10.2 Å². The number of carbonyl (C=O) groups is 2. The zero-order chi connectivity index (χ0) is 32.6. The Balaban J connectivity index is 1.37. The van der Waals surface area contributed by atoms with Crippen LogP contribution in [0.1, 0.15) is 31.1 Å². The van der Waals surface area contributed by atoms with Crippen LogP contribution >= 0.6 is 11.3 Å². The largest absolute Gasteiger partial charge is 0.491 e. The highest BCUT2D eigenvalue weighted by Gasteiger charge is 2.30. The number of fused-ring (bicyclic) bond motifs is 1. The monoisotopic (exact) mass is 662 g/mol. The number of sulfonamides is 1. The number of ether oxygens (including phenoxy) is 4. The Morgan fingerprint density at radius 1 is 1.11 bits per heavy atom. The number of nitrogens with two attached hydrogens (primary N) is 1. The lowest BCUT2D eigenvalue weighted by molar-refractivity contribution is -0.147. The van der Waals surface area contributed by atoms with Gasteiger partial charge < -0.3 is 29.4 Å². The minimum Gasteiger partial charge on any atom is -0.491 e. The Morgan fingerprint density at radius 2 is 1.89 bits per heavy atom. The number of benzene rings is 2. The molecule has 17 heteroatoms. The Bertz CT molecular complexity index is 1720. The lowest BCUT2D eigenvalue weighted by Crippen LogP contribution is -2.48. The third kappa shape index (κ3) is 9.18. The summed E-state index contributed by atoms with van der Waals surface area (Å²) in [7, 11) is -2.70. The summed E-state index contributed by atoms with van der Waals surface area (Å²) in [6.45, 7) is 3.72. The molecule has 2 atom stereocenters. The number of methoxy groups -OCH3 is 1. The van der Waals surface area contributed by atoms with E-state index in [0.717, 1.165) is 16.9 Å². The zero-order valence-electron chi connectivity index (χ0n) is 24.8. The number of aromatic nitrogens is 4. The Hall–Kier alpha value is -4.16. The number of primary sulfonamides is 1. The van der Waals surface area contributed by atoms with E-state index in [4.69, 9.17) is 29.2 Å². The van der Waals surface area contributed by atoms with Crippen LogP contribution in [-0.2, 0) is 42.3 Å². The minimum atomic E-state index is -3.92. The second-order valence-corrected chi connectivity index (χ2v) is 12.9. The molecule has 0 radical (unpaired) electrons. The molecule has 4 N–H and O–H groups in total. The fourth-order valence-corrected chi connectivity index (χ4v) is 5.93. The van der Waals surface area contributed by atoms with Crippen LogP contribution in [0, 0.1) is 5.92 Å². The molecule has 0 aliphatic heterocycles. The summed E-state index contributed by atoms with van der Waals surface area (Å²) >= 11 is 0.934. The van der Waals surface area contributed by atoms with Crippen molar-refractivity contribution in [3.05, 3.63) is 59.9 Å². The normalized spacial score (nSPS) is 13.0. The SMILES string of the molecule is COC(=O)C(COCc1cccc(OCCO)c1)NC(=O)[C@H](C(C)C)n1cc(COc2ccc3nc(S(N)(=O)=O)sc3c2)nn1. The van der Waals surface area contributed by atoms with Gasteiger partial charge in [-0.3, -0.25) is 4.79 Å². The van der Waals surface area contributed by atoms with Crippen molar-refractivity contribution in [1.82, 2.24) is 25.3 Å². The van der Waals surface area contributed by atoms with Gasteiger partial charge in [0.15, 0.2) is 6.04 Å². The molecular formula is C28H34N6O9S2. The third-order valence-corrected chi connectivity index (χ3v) is 8.66. The predicted octanol–water partition coefficient (Wildman–Crippen LogP) is 1.56. The first-order valence-corrected chi connectivity index (χ1v) is 16.1. The molecule has 0 bridgehead atoms.